The molecule has 3 aromatic rings. The Morgan fingerprint density at radius 1 is 0.806 bits per heavy atom. The number of benzene rings is 3. The van der Waals surface area contributed by atoms with Crippen LogP contribution < -0.4 is 4.74 Å². The average molecular weight is 493 g/mol. The highest BCUT2D eigenvalue weighted by Gasteiger charge is 2.26. The van der Waals surface area contributed by atoms with Crippen molar-refractivity contribution in [1.29, 1.82) is 0 Å². The summed E-state index contributed by atoms with van der Waals surface area (Å²) in [5, 5.41) is 0. The van der Waals surface area contributed by atoms with Crippen LogP contribution in [0.1, 0.15) is 80.9 Å². The zero-order valence-corrected chi connectivity index (χ0v) is 21.2. The van der Waals surface area contributed by atoms with Crippen molar-refractivity contribution in [2.75, 3.05) is 7.11 Å². The molecule has 0 bridgehead atoms. The van der Waals surface area contributed by atoms with E-state index in [1.165, 1.54) is 38.9 Å². The fourth-order valence-corrected chi connectivity index (χ4v) is 5.30. The molecule has 36 heavy (non-hydrogen) atoms. The van der Waals surface area contributed by atoms with Crippen molar-refractivity contribution in [3.63, 3.8) is 0 Å². The summed E-state index contributed by atoms with van der Waals surface area (Å²) in [6.07, 6.45) is 12.8. The standard InChI is InChI=1S/C32H35F3O/c1-3-4-5-6-22-9-14-25(15-10-22)27-18-19-28(32(35)31(27)34)26-16-11-23(12-17-26)7-8-24-13-20-30(36-2)29(33)21-24/h7-8,11-13,16-22,25H,3-6,9-10,14-15H2,1-2H3. The normalized spacial score (nSPS) is 18.0. The molecule has 190 valence electrons. The van der Waals surface area contributed by atoms with E-state index in [1.807, 2.05) is 18.2 Å². The topological polar surface area (TPSA) is 9.23 Å². The van der Waals surface area contributed by atoms with Gasteiger partial charge in [-0.2, -0.15) is 0 Å². The maximum Gasteiger partial charge on any atom is 0.166 e. The van der Waals surface area contributed by atoms with Gasteiger partial charge in [-0.15, -0.1) is 0 Å². The molecule has 0 saturated heterocycles. The van der Waals surface area contributed by atoms with Crippen LogP contribution in [0.5, 0.6) is 5.75 Å². The van der Waals surface area contributed by atoms with Crippen LogP contribution in [0.15, 0.2) is 54.6 Å². The van der Waals surface area contributed by atoms with Crippen molar-refractivity contribution in [3.05, 3.63) is 88.7 Å². The van der Waals surface area contributed by atoms with Crippen LogP contribution in [-0.4, -0.2) is 7.11 Å². The number of ether oxygens (including phenoxy) is 1. The summed E-state index contributed by atoms with van der Waals surface area (Å²) in [5.41, 5.74) is 3.01. The smallest absolute Gasteiger partial charge is 0.166 e. The predicted molar refractivity (Wildman–Crippen MR) is 143 cm³/mol. The van der Waals surface area contributed by atoms with E-state index in [-0.39, 0.29) is 17.2 Å². The molecule has 0 heterocycles. The Labute approximate surface area is 213 Å². The van der Waals surface area contributed by atoms with Crippen LogP contribution in [0.25, 0.3) is 23.3 Å². The van der Waals surface area contributed by atoms with Gasteiger partial charge in [0.2, 0.25) is 0 Å². The summed E-state index contributed by atoms with van der Waals surface area (Å²) in [7, 11) is 1.43. The van der Waals surface area contributed by atoms with Gasteiger partial charge in [0, 0.05) is 5.56 Å². The highest BCUT2D eigenvalue weighted by atomic mass is 19.2. The van der Waals surface area contributed by atoms with Gasteiger partial charge in [0.05, 0.1) is 7.11 Å². The molecule has 1 aliphatic carbocycles. The lowest BCUT2D eigenvalue weighted by Gasteiger charge is -2.29. The molecule has 0 radical (unpaired) electrons. The van der Waals surface area contributed by atoms with E-state index in [0.717, 1.165) is 37.2 Å². The molecule has 4 heteroatoms. The number of hydrogen-bond donors (Lipinski definition) is 0. The Morgan fingerprint density at radius 2 is 1.50 bits per heavy atom. The highest BCUT2D eigenvalue weighted by Crippen LogP contribution is 2.40. The molecule has 0 N–H and O–H groups in total. The minimum atomic E-state index is -0.769. The molecule has 4 rings (SSSR count). The maximum absolute atomic E-state index is 15.1. The number of hydrogen-bond acceptors (Lipinski definition) is 1. The van der Waals surface area contributed by atoms with Crippen molar-refractivity contribution in [2.24, 2.45) is 5.92 Å². The van der Waals surface area contributed by atoms with Crippen molar-refractivity contribution in [1.82, 2.24) is 0 Å². The van der Waals surface area contributed by atoms with Gasteiger partial charge in [0.1, 0.15) is 0 Å². The van der Waals surface area contributed by atoms with E-state index in [0.29, 0.717) is 16.7 Å². The molecule has 1 nitrogen and oxygen atoms in total. The monoisotopic (exact) mass is 492 g/mol. The molecule has 0 spiro atoms. The van der Waals surface area contributed by atoms with Gasteiger partial charge in [-0.3, -0.25) is 0 Å². The quantitative estimate of drug-likeness (QED) is 0.213. The molecule has 0 amide bonds. The Kier molecular flexibility index (Phi) is 8.90. The lowest BCUT2D eigenvalue weighted by molar-refractivity contribution is 0.298. The molecular weight excluding hydrogens is 457 g/mol. The fraction of sp³-hybridized carbons (Fsp3) is 0.375. The zero-order chi connectivity index (χ0) is 25.5. The van der Waals surface area contributed by atoms with E-state index in [1.54, 1.807) is 42.5 Å². The van der Waals surface area contributed by atoms with Crippen molar-refractivity contribution in [3.8, 4) is 16.9 Å². The van der Waals surface area contributed by atoms with Crippen molar-refractivity contribution < 1.29 is 17.9 Å². The van der Waals surface area contributed by atoms with Gasteiger partial charge in [0.25, 0.3) is 0 Å². The van der Waals surface area contributed by atoms with E-state index in [4.69, 9.17) is 4.74 Å². The molecule has 1 fully saturated rings. The lowest BCUT2D eigenvalue weighted by Crippen LogP contribution is -2.15. The second kappa shape index (κ2) is 12.3. The third-order valence-electron chi connectivity index (χ3n) is 7.48. The van der Waals surface area contributed by atoms with E-state index in [9.17, 15) is 4.39 Å². The number of rotatable bonds is 9. The second-order valence-electron chi connectivity index (χ2n) is 9.89. The summed E-state index contributed by atoms with van der Waals surface area (Å²) in [5.74, 6) is -0.854. The largest absolute Gasteiger partial charge is 0.494 e. The van der Waals surface area contributed by atoms with Crippen molar-refractivity contribution >= 4 is 12.2 Å². The van der Waals surface area contributed by atoms with Gasteiger partial charge >= 0.3 is 0 Å². The second-order valence-corrected chi connectivity index (χ2v) is 9.89. The maximum atomic E-state index is 15.1. The Bertz CT molecular complexity index is 1170. The highest BCUT2D eigenvalue weighted by molar-refractivity contribution is 5.72. The van der Waals surface area contributed by atoms with Gasteiger partial charge in [0.15, 0.2) is 23.2 Å². The summed E-state index contributed by atoms with van der Waals surface area (Å²) < 4.78 is 49.1. The lowest BCUT2D eigenvalue weighted by atomic mass is 9.76. The van der Waals surface area contributed by atoms with Crippen LogP contribution in [0.3, 0.4) is 0 Å². The molecule has 0 aliphatic heterocycles. The van der Waals surface area contributed by atoms with Crippen LogP contribution in [0.2, 0.25) is 0 Å². The zero-order valence-electron chi connectivity index (χ0n) is 21.2. The minimum Gasteiger partial charge on any atom is -0.494 e. The Hall–Kier alpha value is -3.01. The number of unbranched alkanes of at least 4 members (excludes halogenated alkanes) is 2. The van der Waals surface area contributed by atoms with Crippen LogP contribution >= 0.6 is 0 Å². The summed E-state index contributed by atoms with van der Waals surface area (Å²) in [6.45, 7) is 2.22. The summed E-state index contributed by atoms with van der Waals surface area (Å²) >= 11 is 0. The first-order valence-corrected chi connectivity index (χ1v) is 13.1. The van der Waals surface area contributed by atoms with Crippen LogP contribution in [0, 0.1) is 23.4 Å². The molecule has 0 aromatic heterocycles. The first-order chi connectivity index (χ1) is 17.5. The van der Waals surface area contributed by atoms with E-state index >= 15 is 8.78 Å². The fourth-order valence-electron chi connectivity index (χ4n) is 5.30. The average Bonchev–Trinajstić information content (AvgIpc) is 2.90. The number of methoxy groups -OCH3 is 1. The van der Waals surface area contributed by atoms with Gasteiger partial charge < -0.3 is 4.74 Å². The van der Waals surface area contributed by atoms with Crippen LogP contribution in [0.4, 0.5) is 13.2 Å². The molecular formula is C32H35F3O. The minimum absolute atomic E-state index is 0.103. The van der Waals surface area contributed by atoms with Crippen molar-refractivity contribution in [2.45, 2.75) is 64.2 Å². The summed E-state index contributed by atoms with van der Waals surface area (Å²) in [6, 6.07) is 15.5. The predicted octanol–water partition coefficient (Wildman–Crippen LogP) is 9.80. The molecule has 3 aromatic carbocycles. The SMILES string of the molecule is CCCCCC1CCC(c2ccc(-c3ccc(C=Cc4ccc(OC)c(F)c4)cc3)c(F)c2F)CC1. The van der Waals surface area contributed by atoms with E-state index < -0.39 is 17.5 Å². The van der Waals surface area contributed by atoms with E-state index in [2.05, 4.69) is 6.92 Å². The molecule has 1 saturated carbocycles. The Morgan fingerprint density at radius 3 is 2.17 bits per heavy atom. The first-order valence-electron chi connectivity index (χ1n) is 13.1. The number of halogens is 3. The molecule has 0 unspecified atom stereocenters. The first kappa shape index (κ1) is 26.1. The Balaban J connectivity index is 1.42. The van der Waals surface area contributed by atoms with Gasteiger partial charge in [-0.1, -0.05) is 87.2 Å². The molecule has 0 atom stereocenters. The molecule has 1 aliphatic rings. The third-order valence-corrected chi connectivity index (χ3v) is 7.48. The van der Waals surface area contributed by atoms with Crippen LogP contribution in [-0.2, 0) is 0 Å². The third kappa shape index (κ3) is 6.21. The summed E-state index contributed by atoms with van der Waals surface area (Å²) in [4.78, 5) is 0. The van der Waals surface area contributed by atoms with Gasteiger partial charge in [-0.25, -0.2) is 13.2 Å². The van der Waals surface area contributed by atoms with Gasteiger partial charge in [-0.05, 0) is 71.9 Å².